The van der Waals surface area contributed by atoms with Gasteiger partial charge >= 0.3 is 0 Å². The van der Waals surface area contributed by atoms with Crippen molar-refractivity contribution < 1.29 is 9.15 Å². The molecule has 0 saturated carbocycles. The van der Waals surface area contributed by atoms with Gasteiger partial charge in [0.1, 0.15) is 18.2 Å². The molecule has 0 amide bonds. The van der Waals surface area contributed by atoms with Gasteiger partial charge in [-0.1, -0.05) is 24.3 Å². The zero-order valence-electron chi connectivity index (χ0n) is 16.2. The molecule has 3 heterocycles. The Labute approximate surface area is 169 Å². The molecule has 6 heteroatoms. The quantitative estimate of drug-likeness (QED) is 0.470. The summed E-state index contributed by atoms with van der Waals surface area (Å²) in [7, 11) is 0. The second kappa shape index (κ2) is 9.12. The summed E-state index contributed by atoms with van der Waals surface area (Å²) in [5.74, 6) is 2.31. The van der Waals surface area contributed by atoms with Gasteiger partial charge in [-0.15, -0.1) is 0 Å². The third-order valence-electron chi connectivity index (χ3n) is 4.35. The van der Waals surface area contributed by atoms with Crippen LogP contribution in [0, 0.1) is 6.92 Å². The van der Waals surface area contributed by atoms with Crippen molar-refractivity contribution in [3.63, 3.8) is 0 Å². The summed E-state index contributed by atoms with van der Waals surface area (Å²) < 4.78 is 11.0. The van der Waals surface area contributed by atoms with Gasteiger partial charge in [0.2, 0.25) is 0 Å². The topological polar surface area (TPSA) is 73.1 Å². The maximum absolute atomic E-state index is 5.72. The normalized spacial score (nSPS) is 10.8. The van der Waals surface area contributed by atoms with E-state index in [1.54, 1.807) is 18.7 Å². The van der Waals surface area contributed by atoms with Crippen molar-refractivity contribution in [1.29, 1.82) is 0 Å². The minimum absolute atomic E-state index is 0.466. The molecule has 29 heavy (non-hydrogen) atoms. The highest BCUT2D eigenvalue weighted by molar-refractivity contribution is 5.56. The van der Waals surface area contributed by atoms with Crippen LogP contribution in [-0.4, -0.2) is 15.0 Å². The molecule has 0 aliphatic rings. The lowest BCUT2D eigenvalue weighted by molar-refractivity contribution is 0.0929. The molecule has 1 N–H and O–H groups in total. The molecule has 0 aliphatic carbocycles. The number of benzene rings is 1. The minimum atomic E-state index is 0.466. The van der Waals surface area contributed by atoms with E-state index in [9.17, 15) is 0 Å². The van der Waals surface area contributed by atoms with Crippen molar-refractivity contribution in [2.75, 3.05) is 5.32 Å². The van der Waals surface area contributed by atoms with Crippen molar-refractivity contribution in [3.05, 3.63) is 95.8 Å². The molecule has 4 rings (SSSR count). The molecule has 0 saturated heterocycles. The third-order valence-corrected chi connectivity index (χ3v) is 4.35. The molecule has 0 atom stereocenters. The number of pyridine rings is 1. The fourth-order valence-electron chi connectivity index (χ4n) is 2.98. The van der Waals surface area contributed by atoms with Crippen LogP contribution in [0.25, 0.3) is 11.4 Å². The first-order chi connectivity index (χ1) is 14.3. The van der Waals surface area contributed by atoms with E-state index in [1.165, 1.54) is 0 Å². The predicted octanol–water partition coefficient (Wildman–Crippen LogP) is 4.77. The molecule has 0 radical (unpaired) electrons. The molecule has 0 spiro atoms. The van der Waals surface area contributed by atoms with E-state index >= 15 is 0 Å². The molecule has 1 aromatic carbocycles. The molecule has 146 valence electrons. The highest BCUT2D eigenvalue weighted by Crippen LogP contribution is 2.18. The fraction of sp³-hybridized carbons (Fsp3) is 0.174. The fourth-order valence-corrected chi connectivity index (χ4v) is 2.98. The molecule has 0 fully saturated rings. The SMILES string of the molecule is Cc1cc(NCc2cccc(COCc3ccco3)c2)nc(-c2ccncc2)n1. The van der Waals surface area contributed by atoms with Gasteiger partial charge in [0, 0.05) is 36.3 Å². The van der Waals surface area contributed by atoms with E-state index < -0.39 is 0 Å². The lowest BCUT2D eigenvalue weighted by Gasteiger charge is -2.10. The zero-order valence-corrected chi connectivity index (χ0v) is 16.2. The highest BCUT2D eigenvalue weighted by Gasteiger charge is 2.05. The monoisotopic (exact) mass is 386 g/mol. The Bertz CT molecular complexity index is 1050. The summed E-state index contributed by atoms with van der Waals surface area (Å²) >= 11 is 0. The van der Waals surface area contributed by atoms with Crippen LogP contribution >= 0.6 is 0 Å². The number of nitrogens with zero attached hydrogens (tertiary/aromatic N) is 3. The Hall–Kier alpha value is -3.51. The molecule has 0 aliphatic heterocycles. The summed E-state index contributed by atoms with van der Waals surface area (Å²) in [6.07, 6.45) is 5.14. The molecular weight excluding hydrogens is 364 g/mol. The Morgan fingerprint density at radius 3 is 2.62 bits per heavy atom. The van der Waals surface area contributed by atoms with Crippen molar-refractivity contribution in [2.24, 2.45) is 0 Å². The molecule has 4 aromatic rings. The Balaban J connectivity index is 1.38. The number of hydrogen-bond acceptors (Lipinski definition) is 6. The number of anilines is 1. The lowest BCUT2D eigenvalue weighted by Crippen LogP contribution is -2.04. The van der Waals surface area contributed by atoms with Crippen LogP contribution in [-0.2, 0) is 24.5 Å². The Morgan fingerprint density at radius 2 is 1.79 bits per heavy atom. The van der Waals surface area contributed by atoms with Gasteiger partial charge in [-0.2, -0.15) is 0 Å². The maximum Gasteiger partial charge on any atom is 0.161 e. The number of furan rings is 1. The van der Waals surface area contributed by atoms with Gasteiger partial charge in [-0.05, 0) is 42.3 Å². The summed E-state index contributed by atoms with van der Waals surface area (Å²) in [6.45, 7) is 3.63. The van der Waals surface area contributed by atoms with Crippen LogP contribution in [0.1, 0.15) is 22.6 Å². The van der Waals surface area contributed by atoms with E-state index in [1.807, 2.05) is 43.3 Å². The van der Waals surface area contributed by atoms with Crippen molar-refractivity contribution in [1.82, 2.24) is 15.0 Å². The van der Waals surface area contributed by atoms with Gasteiger partial charge in [0.05, 0.1) is 12.9 Å². The number of aryl methyl sites for hydroxylation is 1. The number of ether oxygens (including phenoxy) is 1. The van der Waals surface area contributed by atoms with Crippen LogP contribution in [0.3, 0.4) is 0 Å². The summed E-state index contributed by atoms with van der Waals surface area (Å²) in [5, 5.41) is 3.40. The first-order valence-electron chi connectivity index (χ1n) is 9.44. The van der Waals surface area contributed by atoms with E-state index in [0.717, 1.165) is 34.0 Å². The second-order valence-electron chi connectivity index (χ2n) is 6.70. The highest BCUT2D eigenvalue weighted by atomic mass is 16.5. The van der Waals surface area contributed by atoms with Crippen LogP contribution < -0.4 is 5.32 Å². The summed E-state index contributed by atoms with van der Waals surface area (Å²) in [6, 6.07) is 17.8. The van der Waals surface area contributed by atoms with Crippen molar-refractivity contribution in [3.8, 4) is 11.4 Å². The van der Waals surface area contributed by atoms with E-state index in [-0.39, 0.29) is 0 Å². The number of aromatic nitrogens is 3. The molecular formula is C23H22N4O2. The van der Waals surface area contributed by atoms with E-state index in [2.05, 4.69) is 38.5 Å². The predicted molar refractivity (Wildman–Crippen MR) is 111 cm³/mol. The molecule has 3 aromatic heterocycles. The van der Waals surface area contributed by atoms with E-state index in [0.29, 0.717) is 25.6 Å². The zero-order chi connectivity index (χ0) is 19.9. The maximum atomic E-state index is 5.72. The average molecular weight is 386 g/mol. The third kappa shape index (κ3) is 5.27. The average Bonchev–Trinajstić information content (AvgIpc) is 3.26. The van der Waals surface area contributed by atoms with Crippen LogP contribution in [0.2, 0.25) is 0 Å². The molecule has 0 bridgehead atoms. The number of hydrogen-bond donors (Lipinski definition) is 1. The number of rotatable bonds is 8. The van der Waals surface area contributed by atoms with Gasteiger partial charge in [0.25, 0.3) is 0 Å². The van der Waals surface area contributed by atoms with Gasteiger partial charge in [-0.25, -0.2) is 9.97 Å². The van der Waals surface area contributed by atoms with Gasteiger partial charge < -0.3 is 14.5 Å². The smallest absolute Gasteiger partial charge is 0.161 e. The second-order valence-corrected chi connectivity index (χ2v) is 6.70. The minimum Gasteiger partial charge on any atom is -0.467 e. The van der Waals surface area contributed by atoms with Gasteiger partial charge in [0.15, 0.2) is 5.82 Å². The Kier molecular flexibility index (Phi) is 5.92. The standard InChI is InChI=1S/C23H22N4O2/c1-17-12-22(27-23(26-17)20-7-9-24-10-8-20)25-14-18-4-2-5-19(13-18)15-28-16-21-6-3-11-29-21/h2-13H,14-16H2,1H3,(H,25,26,27). The van der Waals surface area contributed by atoms with E-state index in [4.69, 9.17) is 9.15 Å². The largest absolute Gasteiger partial charge is 0.467 e. The van der Waals surface area contributed by atoms with Crippen LogP contribution in [0.5, 0.6) is 0 Å². The lowest BCUT2D eigenvalue weighted by atomic mass is 10.1. The summed E-state index contributed by atoms with van der Waals surface area (Å²) in [4.78, 5) is 13.2. The number of nitrogens with one attached hydrogen (secondary N) is 1. The van der Waals surface area contributed by atoms with Gasteiger partial charge in [-0.3, -0.25) is 4.98 Å². The summed E-state index contributed by atoms with van der Waals surface area (Å²) in [5.41, 5.74) is 4.13. The first kappa shape index (κ1) is 18.8. The Morgan fingerprint density at radius 1 is 0.931 bits per heavy atom. The van der Waals surface area contributed by atoms with Crippen molar-refractivity contribution >= 4 is 5.82 Å². The first-order valence-corrected chi connectivity index (χ1v) is 9.44. The van der Waals surface area contributed by atoms with Crippen LogP contribution in [0.15, 0.2) is 77.7 Å². The molecule has 0 unspecified atom stereocenters. The molecule has 6 nitrogen and oxygen atoms in total. The van der Waals surface area contributed by atoms with Crippen molar-refractivity contribution in [2.45, 2.75) is 26.7 Å². The van der Waals surface area contributed by atoms with Crippen LogP contribution in [0.4, 0.5) is 5.82 Å².